The van der Waals surface area contributed by atoms with Crippen molar-refractivity contribution in [1.29, 1.82) is 0 Å². The number of benzene rings is 1. The summed E-state index contributed by atoms with van der Waals surface area (Å²) in [5.41, 5.74) is 0.155. The Morgan fingerprint density at radius 1 is 1.35 bits per heavy atom. The first kappa shape index (κ1) is 16.3. The van der Waals surface area contributed by atoms with Crippen LogP contribution >= 0.6 is 0 Å². The molecule has 1 aromatic rings. The maximum Gasteiger partial charge on any atom is 1.00 e. The third-order valence-corrected chi connectivity index (χ3v) is 2.70. The molecule has 0 saturated carbocycles. The molecule has 0 atom stereocenters. The number of carbonyl (C=O) groups excluding carboxylic acids is 1. The van der Waals surface area contributed by atoms with Crippen molar-refractivity contribution in [2.75, 3.05) is 7.11 Å². The van der Waals surface area contributed by atoms with Gasteiger partial charge in [-0.1, -0.05) is 18.2 Å². The molecule has 7 heteroatoms. The monoisotopic (exact) mass is 264 g/mol. The molecule has 0 aliphatic heterocycles. The van der Waals surface area contributed by atoms with Gasteiger partial charge in [-0.15, -0.1) is 0 Å². The van der Waals surface area contributed by atoms with Crippen LogP contribution < -0.4 is 29.6 Å². The number of hydrogen-bond acceptors (Lipinski definition) is 5. The topological polar surface area (TPSA) is 83.5 Å². The second-order valence-electron chi connectivity index (χ2n) is 2.85. The van der Waals surface area contributed by atoms with E-state index in [4.69, 9.17) is 0 Å². The van der Waals surface area contributed by atoms with Crippen LogP contribution in [-0.4, -0.2) is 26.0 Å². The molecule has 1 rings (SSSR count). The van der Waals surface area contributed by atoms with E-state index in [-0.39, 0.29) is 40.0 Å². The minimum atomic E-state index is -4.54. The normalized spacial score (nSPS) is 10.9. The van der Waals surface area contributed by atoms with Gasteiger partial charge in [-0.2, -0.15) is 0 Å². The fourth-order valence-corrected chi connectivity index (χ4v) is 1.74. The molecule has 0 unspecified atom stereocenters. The maximum absolute atomic E-state index is 10.9. The van der Waals surface area contributed by atoms with Crippen molar-refractivity contribution in [3.63, 3.8) is 0 Å². The third-order valence-electron chi connectivity index (χ3n) is 1.79. The van der Waals surface area contributed by atoms with Gasteiger partial charge in [-0.25, -0.2) is 13.2 Å². The number of hydrogen-bond donors (Lipinski definition) is 0. The Balaban J connectivity index is 0.00000256. The minimum absolute atomic E-state index is 0. The average molecular weight is 264 g/mol. The summed E-state index contributed by atoms with van der Waals surface area (Å²) < 4.78 is 36.9. The van der Waals surface area contributed by atoms with Crippen LogP contribution in [0.5, 0.6) is 0 Å². The van der Waals surface area contributed by atoms with E-state index in [1.54, 1.807) is 6.07 Å². The first-order chi connectivity index (χ1) is 7.45. The Morgan fingerprint density at radius 2 is 1.94 bits per heavy atom. The van der Waals surface area contributed by atoms with Gasteiger partial charge < -0.3 is 9.29 Å². The molecule has 0 bridgehead atoms. The van der Waals surface area contributed by atoms with Crippen LogP contribution in [0.2, 0.25) is 0 Å². The molecule has 0 aromatic heterocycles. The SMILES string of the molecule is COC(=O)/C=C/c1ccccc1S(=O)(=O)[O-].[Na+]. The molecule has 86 valence electrons. The summed E-state index contributed by atoms with van der Waals surface area (Å²) in [4.78, 5) is 10.4. The Hall–Kier alpha value is -0.660. The summed E-state index contributed by atoms with van der Waals surface area (Å²) in [7, 11) is -3.34. The van der Waals surface area contributed by atoms with Gasteiger partial charge in [0, 0.05) is 6.08 Å². The van der Waals surface area contributed by atoms with Crippen LogP contribution in [0.3, 0.4) is 0 Å². The van der Waals surface area contributed by atoms with Gasteiger partial charge in [0.25, 0.3) is 0 Å². The Morgan fingerprint density at radius 3 is 2.47 bits per heavy atom. The smallest absolute Gasteiger partial charge is 0.744 e. The fourth-order valence-electron chi connectivity index (χ4n) is 1.07. The largest absolute Gasteiger partial charge is 1.00 e. The molecule has 1 aromatic carbocycles. The summed E-state index contributed by atoms with van der Waals surface area (Å²) in [6.45, 7) is 0. The Bertz CT molecular complexity index is 521. The molecule has 17 heavy (non-hydrogen) atoms. The van der Waals surface area contributed by atoms with E-state index in [0.717, 1.165) is 6.08 Å². The molecule has 0 spiro atoms. The first-order valence-corrected chi connectivity index (χ1v) is 5.67. The standard InChI is InChI=1S/C10H10O5S.Na/c1-15-10(11)7-6-8-4-2-3-5-9(8)16(12,13)14;/h2-7H,1H3,(H,12,13,14);/q;+1/p-1/b7-6+;. The zero-order chi connectivity index (χ0) is 12.2. The van der Waals surface area contributed by atoms with Crippen molar-refractivity contribution in [2.24, 2.45) is 0 Å². The maximum atomic E-state index is 10.9. The Kier molecular flexibility index (Phi) is 6.66. The van der Waals surface area contributed by atoms with Crippen molar-refractivity contribution in [2.45, 2.75) is 4.90 Å². The van der Waals surface area contributed by atoms with Gasteiger partial charge in [0.2, 0.25) is 0 Å². The number of methoxy groups -OCH3 is 1. The molecule has 0 heterocycles. The number of rotatable bonds is 3. The van der Waals surface area contributed by atoms with Gasteiger partial charge >= 0.3 is 35.5 Å². The predicted octanol–water partition coefficient (Wildman–Crippen LogP) is -2.22. The summed E-state index contributed by atoms with van der Waals surface area (Å²) in [5, 5.41) is 0. The average Bonchev–Trinajstić information content (AvgIpc) is 2.25. The van der Waals surface area contributed by atoms with Crippen molar-refractivity contribution >= 4 is 22.2 Å². The summed E-state index contributed by atoms with van der Waals surface area (Å²) >= 11 is 0. The molecule has 0 saturated heterocycles. The molecule has 0 aliphatic rings. The minimum Gasteiger partial charge on any atom is -0.744 e. The van der Waals surface area contributed by atoms with Gasteiger partial charge in [-0.3, -0.25) is 0 Å². The van der Waals surface area contributed by atoms with Crippen molar-refractivity contribution in [3.05, 3.63) is 35.9 Å². The molecule has 0 amide bonds. The van der Waals surface area contributed by atoms with E-state index in [1.807, 2.05) is 0 Å². The van der Waals surface area contributed by atoms with Crippen molar-refractivity contribution < 1.29 is 52.1 Å². The summed E-state index contributed by atoms with van der Waals surface area (Å²) in [6.07, 6.45) is 2.26. The van der Waals surface area contributed by atoms with Crippen LogP contribution in [0.25, 0.3) is 6.08 Å². The molecular formula is C10H9NaO5S. The number of carbonyl (C=O) groups is 1. The quantitative estimate of drug-likeness (QED) is 0.267. The predicted molar refractivity (Wildman–Crippen MR) is 55.5 cm³/mol. The Labute approximate surface area is 122 Å². The van der Waals surface area contributed by atoms with Gasteiger partial charge in [0.05, 0.1) is 12.0 Å². The van der Waals surface area contributed by atoms with Gasteiger partial charge in [0.15, 0.2) is 0 Å². The van der Waals surface area contributed by atoms with Crippen LogP contribution in [-0.2, 0) is 19.6 Å². The molecule has 0 N–H and O–H groups in total. The molecule has 0 fully saturated rings. The van der Waals surface area contributed by atoms with Gasteiger partial charge in [-0.05, 0) is 17.7 Å². The third kappa shape index (κ3) is 5.01. The number of esters is 1. The van der Waals surface area contributed by atoms with Gasteiger partial charge in [0.1, 0.15) is 10.1 Å². The van der Waals surface area contributed by atoms with Crippen molar-refractivity contribution in [1.82, 2.24) is 0 Å². The van der Waals surface area contributed by atoms with E-state index in [0.29, 0.717) is 0 Å². The summed E-state index contributed by atoms with van der Waals surface area (Å²) in [6, 6.07) is 5.59. The summed E-state index contributed by atoms with van der Waals surface area (Å²) in [5.74, 6) is -0.627. The fraction of sp³-hybridized carbons (Fsp3) is 0.100. The van der Waals surface area contributed by atoms with Crippen LogP contribution in [0, 0.1) is 0 Å². The second-order valence-corrected chi connectivity index (χ2v) is 4.20. The van der Waals surface area contributed by atoms with E-state index < -0.39 is 16.1 Å². The van der Waals surface area contributed by atoms with E-state index >= 15 is 0 Å². The second kappa shape index (κ2) is 6.93. The van der Waals surface area contributed by atoms with E-state index in [1.165, 1.54) is 31.4 Å². The van der Waals surface area contributed by atoms with E-state index in [9.17, 15) is 17.8 Å². The zero-order valence-electron chi connectivity index (χ0n) is 9.41. The molecule has 0 radical (unpaired) electrons. The van der Waals surface area contributed by atoms with Crippen LogP contribution in [0.1, 0.15) is 5.56 Å². The molecule has 0 aliphatic carbocycles. The van der Waals surface area contributed by atoms with E-state index in [2.05, 4.69) is 4.74 Å². The van der Waals surface area contributed by atoms with Crippen LogP contribution in [0.15, 0.2) is 35.2 Å². The van der Waals surface area contributed by atoms with Crippen molar-refractivity contribution in [3.8, 4) is 0 Å². The van der Waals surface area contributed by atoms with Crippen LogP contribution in [0.4, 0.5) is 0 Å². The zero-order valence-corrected chi connectivity index (χ0v) is 12.2. The first-order valence-electron chi connectivity index (χ1n) is 4.26. The molecule has 5 nitrogen and oxygen atoms in total. The molecular weight excluding hydrogens is 255 g/mol. The number of ether oxygens (including phenoxy) is 1.